The minimum Gasteiger partial charge on any atom is -0.311 e. The van der Waals surface area contributed by atoms with E-state index in [9.17, 15) is 0 Å². The van der Waals surface area contributed by atoms with Gasteiger partial charge in [0, 0.05) is 40.0 Å². The lowest BCUT2D eigenvalue weighted by atomic mass is 9.92. The van der Waals surface area contributed by atoms with Gasteiger partial charge in [0.2, 0.25) is 0 Å². The van der Waals surface area contributed by atoms with E-state index in [1.165, 1.54) is 38.9 Å². The summed E-state index contributed by atoms with van der Waals surface area (Å²) >= 11 is 0. The highest BCUT2D eigenvalue weighted by Crippen LogP contribution is 2.41. The molecule has 0 fully saturated rings. The molecule has 2 nitrogen and oxygen atoms in total. The van der Waals surface area contributed by atoms with E-state index >= 15 is 0 Å². The standard InChI is InChI=1S/C60H46N2/c1-5-14-45(15-6-1)49-24-34-55(35-25-49)61(56-36-26-50(27-37-56)46-16-7-2-8-17-46)57-42-32-53(33-43-57)54-22-13-23-60(44-54)62(58-38-28-51(29-39-58)47-18-9-3-10-19-47)59-40-30-52(31-41-59)48-20-11-4-12-21-48/h1-16,18-44,46H,17H2. The minimum absolute atomic E-state index is 0.404. The summed E-state index contributed by atoms with van der Waals surface area (Å²) in [7, 11) is 0. The first-order valence-electron chi connectivity index (χ1n) is 21.4. The Morgan fingerprint density at radius 3 is 1.00 bits per heavy atom. The molecule has 9 aromatic rings. The molecule has 296 valence electrons. The molecule has 0 N–H and O–H groups in total. The van der Waals surface area contributed by atoms with E-state index in [1.807, 2.05) is 0 Å². The Labute approximate surface area is 365 Å². The normalized spacial score (nSPS) is 13.1. The fourth-order valence-corrected chi connectivity index (χ4v) is 8.52. The van der Waals surface area contributed by atoms with Crippen LogP contribution in [0.15, 0.2) is 261 Å². The largest absolute Gasteiger partial charge is 0.311 e. The van der Waals surface area contributed by atoms with Gasteiger partial charge in [0.05, 0.1) is 0 Å². The summed E-state index contributed by atoms with van der Waals surface area (Å²) in [5, 5.41) is 0. The van der Waals surface area contributed by atoms with Crippen LogP contribution in [-0.2, 0) is 0 Å². The van der Waals surface area contributed by atoms with Gasteiger partial charge in [0.25, 0.3) is 0 Å². The molecule has 0 spiro atoms. The average Bonchev–Trinajstić information content (AvgIpc) is 3.36. The van der Waals surface area contributed by atoms with Gasteiger partial charge in [-0.3, -0.25) is 0 Å². The van der Waals surface area contributed by atoms with Crippen LogP contribution >= 0.6 is 0 Å². The van der Waals surface area contributed by atoms with Crippen molar-refractivity contribution in [3.63, 3.8) is 0 Å². The molecule has 1 aliphatic rings. The molecule has 0 radical (unpaired) electrons. The van der Waals surface area contributed by atoms with Crippen LogP contribution in [0.25, 0.3) is 44.5 Å². The fourth-order valence-electron chi connectivity index (χ4n) is 8.52. The van der Waals surface area contributed by atoms with Gasteiger partial charge in [-0.2, -0.15) is 0 Å². The molecular formula is C60H46N2. The Bertz CT molecular complexity index is 2830. The second-order valence-corrected chi connectivity index (χ2v) is 15.8. The summed E-state index contributed by atoms with van der Waals surface area (Å²) < 4.78 is 0. The average molecular weight is 795 g/mol. The highest BCUT2D eigenvalue weighted by Gasteiger charge is 2.17. The molecular weight excluding hydrogens is 749 g/mol. The van der Waals surface area contributed by atoms with E-state index in [-0.39, 0.29) is 0 Å². The smallest absolute Gasteiger partial charge is 0.0467 e. The Morgan fingerprint density at radius 2 is 0.613 bits per heavy atom. The van der Waals surface area contributed by atoms with Crippen molar-refractivity contribution in [2.24, 2.45) is 0 Å². The van der Waals surface area contributed by atoms with Crippen molar-refractivity contribution >= 4 is 34.1 Å². The third-order valence-electron chi connectivity index (χ3n) is 11.8. The zero-order chi connectivity index (χ0) is 41.5. The van der Waals surface area contributed by atoms with Crippen LogP contribution in [0.1, 0.15) is 17.9 Å². The van der Waals surface area contributed by atoms with Crippen molar-refractivity contribution in [1.29, 1.82) is 0 Å². The number of hydrogen-bond acceptors (Lipinski definition) is 2. The second-order valence-electron chi connectivity index (χ2n) is 15.8. The quantitative estimate of drug-likeness (QED) is 0.129. The Hall–Kier alpha value is -7.94. The molecule has 1 atom stereocenters. The van der Waals surface area contributed by atoms with Crippen molar-refractivity contribution < 1.29 is 0 Å². The summed E-state index contributed by atoms with van der Waals surface area (Å²) in [5.41, 5.74) is 17.5. The Balaban J connectivity index is 0.988. The molecule has 1 aliphatic carbocycles. The summed E-state index contributed by atoms with van der Waals surface area (Å²) in [6, 6.07) is 85.4. The molecule has 0 bridgehead atoms. The molecule has 10 rings (SSSR count). The predicted octanol–water partition coefficient (Wildman–Crippen LogP) is 16.9. The maximum Gasteiger partial charge on any atom is 0.0467 e. The van der Waals surface area contributed by atoms with E-state index < -0.39 is 0 Å². The lowest BCUT2D eigenvalue weighted by molar-refractivity contribution is 0.854. The molecule has 0 amide bonds. The Morgan fingerprint density at radius 1 is 0.274 bits per heavy atom. The number of nitrogens with zero attached hydrogens (tertiary/aromatic N) is 2. The zero-order valence-corrected chi connectivity index (χ0v) is 34.5. The third kappa shape index (κ3) is 8.28. The van der Waals surface area contributed by atoms with Crippen LogP contribution in [0.3, 0.4) is 0 Å². The van der Waals surface area contributed by atoms with Crippen molar-refractivity contribution in [3.05, 3.63) is 266 Å². The van der Waals surface area contributed by atoms with Gasteiger partial charge in [0.15, 0.2) is 0 Å². The lowest BCUT2D eigenvalue weighted by Crippen LogP contribution is -2.10. The summed E-state index contributed by atoms with van der Waals surface area (Å²) in [6.45, 7) is 0. The highest BCUT2D eigenvalue weighted by molar-refractivity contribution is 5.84. The second kappa shape index (κ2) is 17.7. The van der Waals surface area contributed by atoms with Crippen molar-refractivity contribution in [3.8, 4) is 44.5 Å². The van der Waals surface area contributed by atoms with Gasteiger partial charge in [-0.25, -0.2) is 0 Å². The molecule has 62 heavy (non-hydrogen) atoms. The molecule has 0 aromatic heterocycles. The fraction of sp³-hybridized carbons (Fsp3) is 0.0333. The first-order valence-corrected chi connectivity index (χ1v) is 21.4. The minimum atomic E-state index is 0.404. The van der Waals surface area contributed by atoms with E-state index in [4.69, 9.17) is 0 Å². The number of hydrogen-bond donors (Lipinski definition) is 0. The van der Waals surface area contributed by atoms with Crippen LogP contribution in [0.4, 0.5) is 34.1 Å². The van der Waals surface area contributed by atoms with Gasteiger partial charge >= 0.3 is 0 Å². The maximum atomic E-state index is 2.36. The van der Waals surface area contributed by atoms with E-state index in [2.05, 4.69) is 271 Å². The molecule has 0 saturated carbocycles. The number of allylic oxidation sites excluding steroid dienone is 4. The van der Waals surface area contributed by atoms with E-state index in [0.717, 1.165) is 51.7 Å². The molecule has 9 aromatic carbocycles. The van der Waals surface area contributed by atoms with Crippen LogP contribution < -0.4 is 9.80 Å². The van der Waals surface area contributed by atoms with Crippen LogP contribution in [-0.4, -0.2) is 0 Å². The summed E-state index contributed by atoms with van der Waals surface area (Å²) in [5.74, 6) is 0.404. The van der Waals surface area contributed by atoms with Gasteiger partial charge in [-0.15, -0.1) is 0 Å². The van der Waals surface area contributed by atoms with Crippen molar-refractivity contribution in [1.82, 2.24) is 0 Å². The number of benzene rings is 9. The summed E-state index contributed by atoms with van der Waals surface area (Å²) in [4.78, 5) is 4.71. The van der Waals surface area contributed by atoms with Gasteiger partial charge < -0.3 is 9.80 Å². The molecule has 0 heterocycles. The number of rotatable bonds is 11. The van der Waals surface area contributed by atoms with Gasteiger partial charge in [-0.1, -0.05) is 188 Å². The van der Waals surface area contributed by atoms with Crippen LogP contribution in [0.5, 0.6) is 0 Å². The SMILES string of the molecule is C1=CCC(c2ccc(N(c3ccc(-c4ccccc4)cc3)c3ccc(-c4cccc(N(c5ccc(-c6ccccc6)cc5)c5ccc(-c6ccccc6)cc5)c4)cc3)cc2)C=C1. The molecule has 0 saturated heterocycles. The first-order chi connectivity index (χ1) is 30.7. The van der Waals surface area contributed by atoms with Gasteiger partial charge in [-0.05, 0) is 129 Å². The first kappa shape index (κ1) is 38.3. The zero-order valence-electron chi connectivity index (χ0n) is 34.5. The third-order valence-corrected chi connectivity index (χ3v) is 11.8. The predicted molar refractivity (Wildman–Crippen MR) is 263 cm³/mol. The monoisotopic (exact) mass is 794 g/mol. The van der Waals surface area contributed by atoms with Crippen molar-refractivity contribution in [2.75, 3.05) is 9.80 Å². The number of anilines is 6. The van der Waals surface area contributed by atoms with E-state index in [0.29, 0.717) is 5.92 Å². The van der Waals surface area contributed by atoms with Gasteiger partial charge in [0.1, 0.15) is 0 Å². The van der Waals surface area contributed by atoms with Crippen molar-refractivity contribution in [2.45, 2.75) is 12.3 Å². The topological polar surface area (TPSA) is 6.48 Å². The molecule has 1 unspecified atom stereocenters. The highest BCUT2D eigenvalue weighted by atomic mass is 15.1. The summed E-state index contributed by atoms with van der Waals surface area (Å²) in [6.07, 6.45) is 9.87. The Kier molecular flexibility index (Phi) is 10.9. The lowest BCUT2D eigenvalue weighted by Gasteiger charge is -2.27. The van der Waals surface area contributed by atoms with E-state index in [1.54, 1.807) is 0 Å². The molecule has 0 aliphatic heterocycles. The van der Waals surface area contributed by atoms with Crippen LogP contribution in [0, 0.1) is 0 Å². The van der Waals surface area contributed by atoms with Crippen LogP contribution in [0.2, 0.25) is 0 Å². The molecule has 2 heteroatoms. The maximum absolute atomic E-state index is 2.36.